The van der Waals surface area contributed by atoms with Crippen molar-refractivity contribution in [2.75, 3.05) is 38.9 Å². The quantitative estimate of drug-likeness (QED) is 0.688. The molecule has 4 nitrogen and oxygen atoms in total. The Labute approximate surface area is 117 Å². The molecule has 1 atom stereocenters. The first kappa shape index (κ1) is 16.5. The zero-order chi connectivity index (χ0) is 15.1. The molecule has 0 saturated heterocycles. The molecule has 1 unspecified atom stereocenters. The Morgan fingerprint density at radius 2 is 1.85 bits per heavy atom. The molecule has 0 heterocycles. The van der Waals surface area contributed by atoms with E-state index in [1.54, 1.807) is 6.92 Å². The molecule has 6 heteroatoms. The lowest BCUT2D eigenvalue weighted by atomic mass is 10.1. The largest absolute Gasteiger partial charge is 0.383 e. The van der Waals surface area contributed by atoms with Crippen LogP contribution in [-0.2, 0) is 9.47 Å². The highest BCUT2D eigenvalue weighted by Gasteiger charge is 2.22. The van der Waals surface area contributed by atoms with Crippen molar-refractivity contribution in [3.63, 3.8) is 0 Å². The molecule has 0 aliphatic rings. The highest BCUT2D eigenvalue weighted by molar-refractivity contribution is 5.76. The number of carbonyl (C=O) groups is 1. The molecule has 0 bridgehead atoms. The van der Waals surface area contributed by atoms with E-state index in [0.29, 0.717) is 26.0 Å². The van der Waals surface area contributed by atoms with Gasteiger partial charge in [0, 0.05) is 32.4 Å². The number of ether oxygens (including phenoxy) is 2. The standard InChI is InChI=1S/C14H19F2NO3/c1-10(9-20-3)17(4-5-19-2)14-12(15)6-11(8-18)7-13(14)16/h6-8,10H,4-5,9H2,1-3H3. The van der Waals surface area contributed by atoms with Crippen LogP contribution in [0.5, 0.6) is 0 Å². The number of aldehydes is 1. The molecule has 0 aliphatic carbocycles. The van der Waals surface area contributed by atoms with Gasteiger partial charge in [-0.05, 0) is 19.1 Å². The number of halogens is 2. The molecule has 0 aromatic heterocycles. The molecule has 0 spiro atoms. The van der Waals surface area contributed by atoms with Gasteiger partial charge in [0.15, 0.2) is 0 Å². The maximum atomic E-state index is 14.1. The summed E-state index contributed by atoms with van der Waals surface area (Å²) in [5.41, 5.74) is -0.202. The first-order valence-corrected chi connectivity index (χ1v) is 6.23. The van der Waals surface area contributed by atoms with Crippen LogP contribution in [0.2, 0.25) is 0 Å². The lowest BCUT2D eigenvalue weighted by Crippen LogP contribution is -2.39. The summed E-state index contributed by atoms with van der Waals surface area (Å²) >= 11 is 0. The molecule has 0 N–H and O–H groups in total. The van der Waals surface area contributed by atoms with Crippen LogP contribution in [0, 0.1) is 11.6 Å². The average Bonchev–Trinajstić information content (AvgIpc) is 2.41. The summed E-state index contributed by atoms with van der Waals surface area (Å²) < 4.78 is 38.1. The van der Waals surface area contributed by atoms with Crippen LogP contribution in [0.1, 0.15) is 17.3 Å². The summed E-state index contributed by atoms with van der Waals surface area (Å²) in [4.78, 5) is 12.1. The van der Waals surface area contributed by atoms with Crippen molar-refractivity contribution in [3.8, 4) is 0 Å². The summed E-state index contributed by atoms with van der Waals surface area (Å²) in [5.74, 6) is -1.54. The number of anilines is 1. The van der Waals surface area contributed by atoms with Gasteiger partial charge in [-0.15, -0.1) is 0 Å². The van der Waals surface area contributed by atoms with Crippen LogP contribution in [0.3, 0.4) is 0 Å². The smallest absolute Gasteiger partial charge is 0.150 e. The van der Waals surface area contributed by atoms with Crippen molar-refractivity contribution < 1.29 is 23.0 Å². The predicted octanol–water partition coefficient (Wildman–Crippen LogP) is 2.27. The predicted molar refractivity (Wildman–Crippen MR) is 72.3 cm³/mol. The topological polar surface area (TPSA) is 38.8 Å². The fourth-order valence-corrected chi connectivity index (χ4v) is 2.00. The second kappa shape index (κ2) is 7.91. The van der Waals surface area contributed by atoms with E-state index < -0.39 is 11.6 Å². The van der Waals surface area contributed by atoms with Crippen molar-refractivity contribution in [1.82, 2.24) is 0 Å². The third kappa shape index (κ3) is 3.98. The molecule has 0 fully saturated rings. The minimum absolute atomic E-state index is 0.0326. The van der Waals surface area contributed by atoms with E-state index >= 15 is 0 Å². The van der Waals surface area contributed by atoms with Gasteiger partial charge in [-0.3, -0.25) is 4.79 Å². The Morgan fingerprint density at radius 1 is 1.25 bits per heavy atom. The fourth-order valence-electron chi connectivity index (χ4n) is 2.00. The molecule has 1 aromatic rings. The highest BCUT2D eigenvalue weighted by Crippen LogP contribution is 2.26. The van der Waals surface area contributed by atoms with Gasteiger partial charge in [0.05, 0.1) is 13.2 Å². The molecule has 0 radical (unpaired) electrons. The normalized spacial score (nSPS) is 12.2. The number of carbonyl (C=O) groups excluding carboxylic acids is 1. The zero-order valence-electron chi connectivity index (χ0n) is 11.9. The van der Waals surface area contributed by atoms with E-state index in [1.165, 1.54) is 19.1 Å². The van der Waals surface area contributed by atoms with Gasteiger partial charge in [-0.2, -0.15) is 0 Å². The van der Waals surface area contributed by atoms with Crippen molar-refractivity contribution in [2.45, 2.75) is 13.0 Å². The van der Waals surface area contributed by atoms with E-state index in [9.17, 15) is 13.6 Å². The number of hydrogen-bond acceptors (Lipinski definition) is 4. The summed E-state index contributed by atoms with van der Waals surface area (Å²) in [7, 11) is 3.04. The molecule has 0 amide bonds. The van der Waals surface area contributed by atoms with Crippen LogP contribution in [0.4, 0.5) is 14.5 Å². The maximum Gasteiger partial charge on any atom is 0.150 e. The second-order valence-corrected chi connectivity index (χ2v) is 4.44. The third-order valence-corrected chi connectivity index (χ3v) is 2.94. The molecule has 1 rings (SSSR count). The first-order valence-electron chi connectivity index (χ1n) is 6.23. The summed E-state index contributed by atoms with van der Waals surface area (Å²) in [6.45, 7) is 2.75. The lowest BCUT2D eigenvalue weighted by molar-refractivity contribution is 0.112. The SMILES string of the molecule is COCCN(c1c(F)cc(C=O)cc1F)C(C)COC. The molecule has 20 heavy (non-hydrogen) atoms. The number of nitrogens with zero attached hydrogens (tertiary/aromatic N) is 1. The number of rotatable bonds is 8. The van der Waals surface area contributed by atoms with Crippen LogP contribution >= 0.6 is 0 Å². The van der Waals surface area contributed by atoms with Crippen LogP contribution < -0.4 is 4.90 Å². The van der Waals surface area contributed by atoms with E-state index in [0.717, 1.165) is 12.1 Å². The molecule has 1 aromatic carbocycles. The third-order valence-electron chi connectivity index (χ3n) is 2.94. The van der Waals surface area contributed by atoms with Crippen molar-refractivity contribution in [1.29, 1.82) is 0 Å². The zero-order valence-corrected chi connectivity index (χ0v) is 11.9. The molecule has 0 saturated carbocycles. The number of methoxy groups -OCH3 is 2. The summed E-state index contributed by atoms with van der Waals surface area (Å²) in [6, 6.07) is 1.80. The lowest BCUT2D eigenvalue weighted by Gasteiger charge is -2.31. The van der Waals surface area contributed by atoms with Crippen molar-refractivity contribution in [3.05, 3.63) is 29.3 Å². The first-order chi connectivity index (χ1) is 9.54. The van der Waals surface area contributed by atoms with Crippen LogP contribution in [-0.4, -0.2) is 46.3 Å². The monoisotopic (exact) mass is 287 g/mol. The number of benzene rings is 1. The fraction of sp³-hybridized carbons (Fsp3) is 0.500. The maximum absolute atomic E-state index is 14.1. The number of hydrogen-bond donors (Lipinski definition) is 0. The summed E-state index contributed by atoms with van der Waals surface area (Å²) in [6.07, 6.45) is 0.411. The second-order valence-electron chi connectivity index (χ2n) is 4.44. The van der Waals surface area contributed by atoms with Gasteiger partial charge in [0.2, 0.25) is 0 Å². The van der Waals surface area contributed by atoms with Crippen molar-refractivity contribution >= 4 is 12.0 Å². The van der Waals surface area contributed by atoms with Crippen LogP contribution in [0.15, 0.2) is 12.1 Å². The van der Waals surface area contributed by atoms with Gasteiger partial charge < -0.3 is 14.4 Å². The Hall–Kier alpha value is -1.53. The van der Waals surface area contributed by atoms with E-state index in [-0.39, 0.29) is 17.3 Å². The van der Waals surface area contributed by atoms with Gasteiger partial charge in [-0.1, -0.05) is 0 Å². The van der Waals surface area contributed by atoms with Gasteiger partial charge in [0.25, 0.3) is 0 Å². The van der Waals surface area contributed by atoms with Crippen LogP contribution in [0.25, 0.3) is 0 Å². The van der Waals surface area contributed by atoms with Gasteiger partial charge >= 0.3 is 0 Å². The Morgan fingerprint density at radius 3 is 2.30 bits per heavy atom. The van der Waals surface area contributed by atoms with Gasteiger partial charge in [-0.25, -0.2) is 8.78 Å². The van der Waals surface area contributed by atoms with Gasteiger partial charge in [0.1, 0.15) is 23.6 Å². The minimum atomic E-state index is -0.772. The molecular weight excluding hydrogens is 268 g/mol. The van der Waals surface area contributed by atoms with E-state index in [4.69, 9.17) is 9.47 Å². The van der Waals surface area contributed by atoms with E-state index in [1.807, 2.05) is 0 Å². The summed E-state index contributed by atoms with van der Waals surface area (Å²) in [5, 5.41) is 0. The average molecular weight is 287 g/mol. The Balaban J connectivity index is 3.15. The Bertz CT molecular complexity index is 431. The molecule has 112 valence electrons. The van der Waals surface area contributed by atoms with E-state index in [2.05, 4.69) is 0 Å². The molecular formula is C14H19F2NO3. The molecule has 0 aliphatic heterocycles. The minimum Gasteiger partial charge on any atom is -0.383 e. The van der Waals surface area contributed by atoms with Crippen molar-refractivity contribution in [2.24, 2.45) is 0 Å². The highest BCUT2D eigenvalue weighted by atomic mass is 19.1. The Kier molecular flexibility index (Phi) is 6.54.